The second-order valence-corrected chi connectivity index (χ2v) is 7.01. The number of hydrogen-bond donors (Lipinski definition) is 2. The Kier molecular flexibility index (Phi) is 7.73. The van der Waals surface area contributed by atoms with Crippen molar-refractivity contribution < 1.29 is 18.0 Å². The van der Waals surface area contributed by atoms with Crippen molar-refractivity contribution in [2.45, 2.75) is 26.1 Å². The highest BCUT2D eigenvalue weighted by Crippen LogP contribution is 2.25. The van der Waals surface area contributed by atoms with Gasteiger partial charge in [0, 0.05) is 49.8 Å². The molecule has 1 unspecified atom stereocenters. The van der Waals surface area contributed by atoms with Gasteiger partial charge in [0.2, 0.25) is 0 Å². The van der Waals surface area contributed by atoms with Gasteiger partial charge >= 0.3 is 6.18 Å². The molecular weight excluding hydrogens is 405 g/mol. The normalized spacial score (nSPS) is 16.2. The number of rotatable bonds is 5. The fourth-order valence-electron chi connectivity index (χ4n) is 3.70. The lowest BCUT2D eigenvalue weighted by Gasteiger charge is -2.35. The van der Waals surface area contributed by atoms with E-state index >= 15 is 0 Å². The topological polar surface area (TPSA) is 49.3 Å². The number of alkyl halides is 3. The molecule has 0 bridgehead atoms. The summed E-state index contributed by atoms with van der Waals surface area (Å²) in [5.41, 5.74) is 2.85. The van der Waals surface area contributed by atoms with Crippen LogP contribution in [0, 0.1) is 13.8 Å². The first kappa shape index (κ1) is 23.3. The molecule has 2 heterocycles. The molecule has 160 valence electrons. The number of nitrogens with one attached hydrogen (secondary N) is 2. The lowest BCUT2D eigenvalue weighted by molar-refractivity contribution is -0.183. The van der Waals surface area contributed by atoms with Crippen LogP contribution in [0.3, 0.4) is 0 Å². The molecule has 1 aliphatic heterocycles. The summed E-state index contributed by atoms with van der Waals surface area (Å²) in [6.45, 7) is 4.85. The third-order valence-corrected chi connectivity index (χ3v) is 5.12. The lowest BCUT2D eigenvalue weighted by atomic mass is 10.2. The zero-order chi connectivity index (χ0) is 20.3. The molecule has 1 aromatic heterocycles. The van der Waals surface area contributed by atoms with E-state index in [-0.39, 0.29) is 12.4 Å². The number of aryl methyl sites for hydroxylation is 1. The minimum atomic E-state index is -4.40. The first-order valence-corrected chi connectivity index (χ1v) is 9.33. The minimum Gasteiger partial charge on any atom is -0.350 e. The third kappa shape index (κ3) is 5.32. The molecular formula is C20H26ClF3N4O. The predicted octanol–water partition coefficient (Wildman–Crippen LogP) is 3.08. The highest BCUT2D eigenvalue weighted by atomic mass is 35.5. The van der Waals surface area contributed by atoms with Crippen LogP contribution < -0.4 is 10.6 Å². The third-order valence-electron chi connectivity index (χ3n) is 5.12. The number of carbonyl (C=O) groups excluding carboxylic acids is 1. The molecule has 1 amide bonds. The molecule has 9 heteroatoms. The first-order chi connectivity index (χ1) is 13.3. The van der Waals surface area contributed by atoms with Gasteiger partial charge in [0.1, 0.15) is 6.04 Å². The van der Waals surface area contributed by atoms with E-state index in [9.17, 15) is 18.0 Å². The van der Waals surface area contributed by atoms with Gasteiger partial charge in [-0.1, -0.05) is 18.2 Å². The maximum Gasteiger partial charge on any atom is 0.405 e. The smallest absolute Gasteiger partial charge is 0.350 e. The second-order valence-electron chi connectivity index (χ2n) is 7.01. The molecule has 1 saturated heterocycles. The molecule has 29 heavy (non-hydrogen) atoms. The molecule has 5 nitrogen and oxygen atoms in total. The van der Waals surface area contributed by atoms with Crippen molar-refractivity contribution in [3.8, 4) is 5.69 Å². The SMILES string of the molecule is Cc1cc(C(=O)NCC(N2CCNCC2)C(F)(F)F)c(C)n1-c1ccccc1.Cl. The van der Waals surface area contributed by atoms with Crippen LogP contribution in [0.25, 0.3) is 5.69 Å². The molecule has 0 aliphatic carbocycles. The Hall–Kier alpha value is -2.03. The Morgan fingerprint density at radius 1 is 1.17 bits per heavy atom. The number of amides is 1. The van der Waals surface area contributed by atoms with E-state index in [4.69, 9.17) is 0 Å². The number of nitrogens with zero attached hydrogens (tertiary/aromatic N) is 2. The average molecular weight is 431 g/mol. The average Bonchev–Trinajstić information content (AvgIpc) is 2.96. The lowest BCUT2D eigenvalue weighted by Crippen LogP contribution is -2.57. The van der Waals surface area contributed by atoms with Gasteiger partial charge < -0.3 is 15.2 Å². The van der Waals surface area contributed by atoms with Crippen molar-refractivity contribution in [2.75, 3.05) is 32.7 Å². The largest absolute Gasteiger partial charge is 0.405 e. The first-order valence-electron chi connectivity index (χ1n) is 9.33. The summed E-state index contributed by atoms with van der Waals surface area (Å²) in [4.78, 5) is 14.0. The molecule has 0 spiro atoms. The molecule has 2 aromatic rings. The summed E-state index contributed by atoms with van der Waals surface area (Å²) in [5, 5.41) is 5.55. The van der Waals surface area contributed by atoms with Crippen LogP contribution in [-0.2, 0) is 0 Å². The van der Waals surface area contributed by atoms with E-state index < -0.39 is 24.7 Å². The molecule has 0 radical (unpaired) electrons. The second kappa shape index (κ2) is 9.65. The molecule has 1 aliphatic rings. The van der Waals surface area contributed by atoms with Crippen LogP contribution in [0.5, 0.6) is 0 Å². The molecule has 1 aromatic carbocycles. The summed E-state index contributed by atoms with van der Waals surface area (Å²) >= 11 is 0. The Morgan fingerprint density at radius 3 is 2.38 bits per heavy atom. The standard InChI is InChI=1S/C20H25F3N4O.ClH/c1-14-12-17(15(2)27(14)16-6-4-3-5-7-16)19(28)25-13-18(20(21,22)23)26-10-8-24-9-11-26;/h3-7,12,18,24H,8-11,13H2,1-2H3,(H,25,28);1H. The molecule has 1 fully saturated rings. The van der Waals surface area contributed by atoms with Crippen molar-refractivity contribution in [1.82, 2.24) is 20.1 Å². The van der Waals surface area contributed by atoms with Gasteiger partial charge in [-0.2, -0.15) is 13.2 Å². The van der Waals surface area contributed by atoms with Crippen molar-refractivity contribution in [3.63, 3.8) is 0 Å². The predicted molar refractivity (Wildman–Crippen MR) is 109 cm³/mol. The van der Waals surface area contributed by atoms with Crippen LogP contribution in [0.2, 0.25) is 0 Å². The van der Waals surface area contributed by atoms with Crippen molar-refractivity contribution in [1.29, 1.82) is 0 Å². The molecule has 1 atom stereocenters. The van der Waals surface area contributed by atoms with Crippen LogP contribution >= 0.6 is 12.4 Å². The Balaban J connectivity index is 0.00000300. The molecule has 2 N–H and O–H groups in total. The number of halogens is 4. The number of para-hydroxylation sites is 1. The van der Waals surface area contributed by atoms with E-state index in [1.165, 1.54) is 4.90 Å². The summed E-state index contributed by atoms with van der Waals surface area (Å²) in [6.07, 6.45) is -4.40. The number of piperazine rings is 1. The van der Waals surface area contributed by atoms with Crippen molar-refractivity contribution in [3.05, 3.63) is 53.3 Å². The number of aromatic nitrogens is 1. The van der Waals surface area contributed by atoms with Gasteiger partial charge in [-0.25, -0.2) is 0 Å². The Labute approximate surface area is 174 Å². The van der Waals surface area contributed by atoms with E-state index in [1.54, 1.807) is 13.0 Å². The van der Waals surface area contributed by atoms with Crippen LogP contribution in [-0.4, -0.2) is 60.3 Å². The van der Waals surface area contributed by atoms with Gasteiger partial charge in [-0.3, -0.25) is 9.69 Å². The zero-order valence-electron chi connectivity index (χ0n) is 16.4. The van der Waals surface area contributed by atoms with E-state index in [1.807, 2.05) is 41.8 Å². The maximum atomic E-state index is 13.5. The van der Waals surface area contributed by atoms with E-state index in [0.29, 0.717) is 37.4 Å². The summed E-state index contributed by atoms with van der Waals surface area (Å²) in [6, 6.07) is 9.57. The summed E-state index contributed by atoms with van der Waals surface area (Å²) in [5.74, 6) is -0.486. The fraction of sp³-hybridized carbons (Fsp3) is 0.450. The quantitative estimate of drug-likeness (QED) is 0.766. The van der Waals surface area contributed by atoms with Gasteiger partial charge in [0.25, 0.3) is 5.91 Å². The van der Waals surface area contributed by atoms with Gasteiger partial charge in [-0.15, -0.1) is 12.4 Å². The Bertz CT molecular complexity index is 817. The Morgan fingerprint density at radius 2 is 1.79 bits per heavy atom. The minimum absolute atomic E-state index is 0. The zero-order valence-corrected chi connectivity index (χ0v) is 17.2. The summed E-state index contributed by atoms with van der Waals surface area (Å²) in [7, 11) is 0. The van der Waals surface area contributed by atoms with Crippen LogP contribution in [0.15, 0.2) is 36.4 Å². The van der Waals surface area contributed by atoms with Gasteiger partial charge in [0.05, 0.1) is 5.56 Å². The number of benzene rings is 1. The van der Waals surface area contributed by atoms with Crippen molar-refractivity contribution >= 4 is 18.3 Å². The van der Waals surface area contributed by atoms with E-state index in [2.05, 4.69) is 10.6 Å². The molecule has 3 rings (SSSR count). The maximum absolute atomic E-state index is 13.5. The van der Waals surface area contributed by atoms with Gasteiger partial charge in [0.15, 0.2) is 0 Å². The summed E-state index contributed by atoms with van der Waals surface area (Å²) < 4.78 is 42.4. The van der Waals surface area contributed by atoms with Crippen molar-refractivity contribution in [2.24, 2.45) is 0 Å². The van der Waals surface area contributed by atoms with Crippen LogP contribution in [0.4, 0.5) is 13.2 Å². The number of hydrogen-bond acceptors (Lipinski definition) is 3. The highest BCUT2D eigenvalue weighted by molar-refractivity contribution is 5.96. The molecule has 0 saturated carbocycles. The van der Waals surface area contributed by atoms with Crippen LogP contribution in [0.1, 0.15) is 21.7 Å². The fourth-order valence-corrected chi connectivity index (χ4v) is 3.70. The highest BCUT2D eigenvalue weighted by Gasteiger charge is 2.43. The van der Waals surface area contributed by atoms with Gasteiger partial charge in [-0.05, 0) is 32.0 Å². The van der Waals surface area contributed by atoms with E-state index in [0.717, 1.165) is 11.4 Å². The monoisotopic (exact) mass is 430 g/mol. The number of carbonyl (C=O) groups is 1.